The van der Waals surface area contributed by atoms with Gasteiger partial charge in [-0.25, -0.2) is 9.97 Å². The fourth-order valence-corrected chi connectivity index (χ4v) is 6.84. The summed E-state index contributed by atoms with van der Waals surface area (Å²) >= 11 is 6.90. The number of aryl methyl sites for hydroxylation is 2. The van der Waals surface area contributed by atoms with Gasteiger partial charge in [-0.3, -0.25) is 14.4 Å². The zero-order chi connectivity index (χ0) is 29.0. The summed E-state index contributed by atoms with van der Waals surface area (Å²) in [7, 11) is 1.96. The minimum absolute atomic E-state index is 0.153. The van der Waals surface area contributed by atoms with Crippen LogP contribution in [0, 0.1) is 6.92 Å². The molecule has 5 heterocycles. The second-order valence-electron chi connectivity index (χ2n) is 11.7. The van der Waals surface area contributed by atoms with Gasteiger partial charge < -0.3 is 20.5 Å². The molecule has 10 nitrogen and oxygen atoms in total. The Morgan fingerprint density at radius 2 is 2.00 bits per heavy atom. The maximum Gasteiger partial charge on any atom is 0.231 e. The first-order valence-electron chi connectivity index (χ1n) is 14.3. The molecule has 2 aliphatic heterocycles. The predicted octanol–water partition coefficient (Wildman–Crippen LogP) is 4.00. The van der Waals surface area contributed by atoms with Crippen LogP contribution in [0.4, 0.5) is 11.6 Å². The maximum atomic E-state index is 11.7. The Hall–Kier alpha value is -3.63. The van der Waals surface area contributed by atoms with Gasteiger partial charge in [-0.2, -0.15) is 5.10 Å². The molecule has 1 fully saturated rings. The van der Waals surface area contributed by atoms with E-state index in [-0.39, 0.29) is 24.4 Å². The highest BCUT2D eigenvalue weighted by molar-refractivity contribution is 6.33. The summed E-state index contributed by atoms with van der Waals surface area (Å²) in [5.41, 5.74) is 11.9. The van der Waals surface area contributed by atoms with Crippen molar-refractivity contribution in [2.75, 3.05) is 42.5 Å². The number of fused-ring (bicyclic) bond motifs is 2. The second-order valence-corrected chi connectivity index (χ2v) is 12.1. The molecule has 1 saturated heterocycles. The summed E-state index contributed by atoms with van der Waals surface area (Å²) in [6.45, 7) is 12.4. The number of carbonyl (C=O) groups is 1. The number of anilines is 2. The lowest BCUT2D eigenvalue weighted by atomic mass is 10.0. The van der Waals surface area contributed by atoms with Gasteiger partial charge in [0.2, 0.25) is 5.91 Å². The van der Waals surface area contributed by atoms with E-state index in [1.165, 1.54) is 5.56 Å². The van der Waals surface area contributed by atoms with Crippen molar-refractivity contribution in [2.45, 2.75) is 52.6 Å². The highest BCUT2D eigenvalue weighted by Gasteiger charge is 2.32. The van der Waals surface area contributed by atoms with E-state index in [4.69, 9.17) is 32.4 Å². The molecule has 3 N–H and O–H groups in total. The molecular weight excluding hydrogens is 538 g/mol. The topological polar surface area (TPSA) is 112 Å². The van der Waals surface area contributed by atoms with E-state index in [0.29, 0.717) is 11.6 Å². The number of benzene rings is 1. The van der Waals surface area contributed by atoms with Gasteiger partial charge in [-0.05, 0) is 31.4 Å². The molecule has 2 aliphatic rings. The van der Waals surface area contributed by atoms with Gasteiger partial charge in [0.05, 0.1) is 17.9 Å². The molecule has 4 aromatic rings. The number of nitrogens with one attached hydrogen (secondary N) is 1. The van der Waals surface area contributed by atoms with Crippen LogP contribution in [0.2, 0.25) is 5.02 Å². The molecule has 11 heteroatoms. The standard InChI is InChI=1S/C30H38ClN9O/c1-17(2)27-26(31)30(37(5)36-27)40-10-9-22-21(15-40)29(39-12-11-38(16-24(32)41)19(4)14-39)35-28(34-22)20-7-6-8-23-25(20)18(3)13-33-23/h6-8,13,17,19,33H,9-12,14-16H2,1-5H3,(H2,32,41)/t19-/m1/s1. The minimum atomic E-state index is -0.300. The average Bonchev–Trinajstić information content (AvgIpc) is 3.47. The van der Waals surface area contributed by atoms with Crippen LogP contribution in [0.5, 0.6) is 0 Å². The van der Waals surface area contributed by atoms with Gasteiger partial charge in [0.25, 0.3) is 0 Å². The SMILES string of the molecule is Cc1c[nH]c2cccc(-c3nc4c(c(N5CCN(CC(N)=O)[C@H](C)C5)n3)CN(c3c(Cl)c(C(C)C)nn3C)CC4)c12. The Kier molecular flexibility index (Phi) is 7.15. The summed E-state index contributed by atoms with van der Waals surface area (Å²) in [6, 6.07) is 6.41. The molecule has 0 saturated carbocycles. The number of primary amides is 1. The Labute approximate surface area is 245 Å². The van der Waals surface area contributed by atoms with E-state index in [1.807, 2.05) is 17.9 Å². The zero-order valence-corrected chi connectivity index (χ0v) is 25.2. The molecule has 0 radical (unpaired) electrons. The third-order valence-corrected chi connectivity index (χ3v) is 8.80. The fraction of sp³-hybridized carbons (Fsp3) is 0.467. The Morgan fingerprint density at radius 3 is 2.71 bits per heavy atom. The van der Waals surface area contributed by atoms with Crippen LogP contribution < -0.4 is 15.5 Å². The van der Waals surface area contributed by atoms with Crippen LogP contribution in [0.25, 0.3) is 22.3 Å². The van der Waals surface area contributed by atoms with Crippen molar-refractivity contribution in [3.63, 3.8) is 0 Å². The number of nitrogens with two attached hydrogens (primary N) is 1. The predicted molar refractivity (Wildman–Crippen MR) is 164 cm³/mol. The quantitative estimate of drug-likeness (QED) is 0.357. The molecule has 216 valence electrons. The smallest absolute Gasteiger partial charge is 0.231 e. The fourth-order valence-electron chi connectivity index (χ4n) is 6.35. The van der Waals surface area contributed by atoms with Crippen molar-refractivity contribution in [3.05, 3.63) is 51.9 Å². The number of halogens is 1. The monoisotopic (exact) mass is 575 g/mol. The number of nitrogens with zero attached hydrogens (tertiary/aromatic N) is 7. The summed E-state index contributed by atoms with van der Waals surface area (Å²) in [5, 5.41) is 6.60. The first-order chi connectivity index (χ1) is 19.6. The van der Waals surface area contributed by atoms with E-state index in [1.54, 1.807) is 0 Å². The first-order valence-corrected chi connectivity index (χ1v) is 14.7. The molecule has 0 unspecified atom stereocenters. The van der Waals surface area contributed by atoms with E-state index < -0.39 is 0 Å². The lowest BCUT2D eigenvalue weighted by Crippen LogP contribution is -2.54. The van der Waals surface area contributed by atoms with Crippen molar-refractivity contribution in [1.82, 2.24) is 29.6 Å². The average molecular weight is 576 g/mol. The van der Waals surface area contributed by atoms with Crippen LogP contribution in [-0.4, -0.2) is 74.3 Å². The number of hydrogen-bond acceptors (Lipinski definition) is 7. The molecule has 1 amide bonds. The van der Waals surface area contributed by atoms with Crippen molar-refractivity contribution in [1.29, 1.82) is 0 Å². The molecular formula is C30H38ClN9O. The van der Waals surface area contributed by atoms with E-state index in [0.717, 1.165) is 83.5 Å². The number of hydrogen-bond donors (Lipinski definition) is 2. The third-order valence-electron chi connectivity index (χ3n) is 8.44. The van der Waals surface area contributed by atoms with Crippen molar-refractivity contribution < 1.29 is 4.79 Å². The summed E-state index contributed by atoms with van der Waals surface area (Å²) < 4.78 is 1.90. The van der Waals surface area contributed by atoms with Crippen LogP contribution in [0.1, 0.15) is 49.2 Å². The molecule has 6 rings (SSSR count). The summed E-state index contributed by atoms with van der Waals surface area (Å²) in [6.07, 6.45) is 2.81. The number of rotatable bonds is 6. The number of H-pyrrole nitrogens is 1. The van der Waals surface area contributed by atoms with Crippen molar-refractivity contribution in [2.24, 2.45) is 12.8 Å². The van der Waals surface area contributed by atoms with Gasteiger partial charge in [0.15, 0.2) is 5.82 Å². The Balaban J connectivity index is 1.44. The number of aromatic nitrogens is 5. The number of piperazine rings is 1. The largest absolute Gasteiger partial charge is 0.369 e. The highest BCUT2D eigenvalue weighted by atomic mass is 35.5. The number of aromatic amines is 1. The molecule has 1 atom stereocenters. The van der Waals surface area contributed by atoms with Crippen LogP contribution >= 0.6 is 11.6 Å². The normalized spacial score (nSPS) is 18.0. The van der Waals surface area contributed by atoms with Gasteiger partial charge in [0.1, 0.15) is 16.7 Å². The zero-order valence-electron chi connectivity index (χ0n) is 24.4. The van der Waals surface area contributed by atoms with Gasteiger partial charge >= 0.3 is 0 Å². The molecule has 0 aliphatic carbocycles. The molecule has 0 bridgehead atoms. The Morgan fingerprint density at radius 1 is 1.20 bits per heavy atom. The molecule has 41 heavy (non-hydrogen) atoms. The summed E-state index contributed by atoms with van der Waals surface area (Å²) in [4.78, 5) is 32.3. The molecule has 0 spiro atoms. The second kappa shape index (κ2) is 10.6. The first kappa shape index (κ1) is 27.5. The third kappa shape index (κ3) is 4.93. The Bertz CT molecular complexity index is 1620. The lowest BCUT2D eigenvalue weighted by molar-refractivity contribution is -0.119. The number of amides is 1. The van der Waals surface area contributed by atoms with Crippen LogP contribution in [0.3, 0.4) is 0 Å². The molecule has 3 aromatic heterocycles. The van der Waals surface area contributed by atoms with Gasteiger partial charge in [-0.15, -0.1) is 0 Å². The highest BCUT2D eigenvalue weighted by Crippen LogP contribution is 2.38. The van der Waals surface area contributed by atoms with Crippen molar-refractivity contribution in [3.8, 4) is 11.4 Å². The van der Waals surface area contributed by atoms with E-state index in [9.17, 15) is 4.79 Å². The number of carbonyl (C=O) groups excluding carboxylic acids is 1. The lowest BCUT2D eigenvalue weighted by Gasteiger charge is -2.41. The van der Waals surface area contributed by atoms with Crippen LogP contribution in [-0.2, 0) is 24.8 Å². The van der Waals surface area contributed by atoms with Crippen LogP contribution in [0.15, 0.2) is 24.4 Å². The molecule has 1 aromatic carbocycles. The maximum absolute atomic E-state index is 11.7. The van der Waals surface area contributed by atoms with E-state index in [2.05, 4.69) is 65.6 Å². The van der Waals surface area contributed by atoms with Gasteiger partial charge in [0, 0.05) is 80.5 Å². The minimum Gasteiger partial charge on any atom is -0.369 e. The van der Waals surface area contributed by atoms with Gasteiger partial charge in [-0.1, -0.05) is 37.6 Å². The van der Waals surface area contributed by atoms with Crippen molar-refractivity contribution >= 4 is 40.0 Å². The van der Waals surface area contributed by atoms with E-state index >= 15 is 0 Å². The summed E-state index contributed by atoms with van der Waals surface area (Å²) in [5.74, 6) is 2.56.